The van der Waals surface area contributed by atoms with Crippen molar-refractivity contribution in [1.29, 1.82) is 0 Å². The van der Waals surface area contributed by atoms with Crippen LogP contribution >= 0.6 is 0 Å². The molecule has 3 saturated heterocycles. The van der Waals surface area contributed by atoms with Crippen molar-refractivity contribution in [2.24, 2.45) is 11.8 Å². The first-order valence-corrected chi connectivity index (χ1v) is 13.2. The molecule has 1 aliphatic carbocycles. The van der Waals surface area contributed by atoms with Crippen LogP contribution in [0.1, 0.15) is 37.0 Å². The molecule has 3 aliphatic heterocycles. The van der Waals surface area contributed by atoms with Gasteiger partial charge in [-0.3, -0.25) is 14.4 Å². The van der Waals surface area contributed by atoms with E-state index in [0.29, 0.717) is 51.3 Å². The Balaban J connectivity index is 1.33. The summed E-state index contributed by atoms with van der Waals surface area (Å²) in [6.07, 6.45) is 1.10. The topological polar surface area (TPSA) is 102 Å². The number of urea groups is 1. The first-order valence-electron chi connectivity index (χ1n) is 13.2. The Morgan fingerprint density at radius 3 is 2.32 bits per heavy atom. The highest BCUT2D eigenvalue weighted by atomic mass is 16.5. The molecule has 1 aromatic carbocycles. The SMILES string of the molecule is CC(C)C1CC1(NC(=O)c1ccc(N(C)C)cc1)C(=O)N1CC[C@@H]2[C@H]1C(=O)CN2C(=O)N1CCOCC1. The summed E-state index contributed by atoms with van der Waals surface area (Å²) in [5.41, 5.74) is 0.445. The van der Waals surface area contributed by atoms with E-state index in [1.165, 1.54) is 0 Å². The van der Waals surface area contributed by atoms with Gasteiger partial charge in [0.05, 0.1) is 25.8 Å². The smallest absolute Gasteiger partial charge is 0.320 e. The third-order valence-electron chi connectivity index (χ3n) is 8.39. The molecule has 1 saturated carbocycles. The molecule has 5 rings (SSSR count). The lowest BCUT2D eigenvalue weighted by Crippen LogP contribution is -2.55. The average molecular weight is 512 g/mol. The number of ether oxygens (including phenoxy) is 1. The number of nitrogens with one attached hydrogen (secondary N) is 1. The third-order valence-corrected chi connectivity index (χ3v) is 8.39. The number of morpholine rings is 1. The summed E-state index contributed by atoms with van der Waals surface area (Å²) < 4.78 is 5.35. The van der Waals surface area contributed by atoms with Crippen molar-refractivity contribution in [3.8, 4) is 0 Å². The molecule has 10 heteroatoms. The Kier molecular flexibility index (Phi) is 6.64. The number of hydrogen-bond acceptors (Lipinski definition) is 6. The van der Waals surface area contributed by atoms with E-state index >= 15 is 0 Å². The van der Waals surface area contributed by atoms with Crippen LogP contribution in [0.4, 0.5) is 10.5 Å². The molecule has 2 unspecified atom stereocenters. The summed E-state index contributed by atoms with van der Waals surface area (Å²) in [5.74, 6) is -0.422. The summed E-state index contributed by atoms with van der Waals surface area (Å²) in [6.45, 7) is 6.50. The van der Waals surface area contributed by atoms with Crippen LogP contribution in [0.25, 0.3) is 0 Å². The molecular weight excluding hydrogens is 474 g/mol. The molecular formula is C27H37N5O5. The number of likely N-dealkylation sites (tertiary alicyclic amines) is 2. The fourth-order valence-corrected chi connectivity index (χ4v) is 6.22. The second kappa shape index (κ2) is 9.63. The molecule has 10 nitrogen and oxygen atoms in total. The van der Waals surface area contributed by atoms with Crippen molar-refractivity contribution in [3.05, 3.63) is 29.8 Å². The van der Waals surface area contributed by atoms with Gasteiger partial charge in [-0.15, -0.1) is 0 Å². The van der Waals surface area contributed by atoms with Crippen LogP contribution in [-0.4, -0.2) is 109 Å². The van der Waals surface area contributed by atoms with Crippen LogP contribution in [-0.2, 0) is 14.3 Å². The van der Waals surface area contributed by atoms with Crippen LogP contribution < -0.4 is 10.2 Å². The quantitative estimate of drug-likeness (QED) is 0.638. The molecule has 1 N–H and O–H groups in total. The second-order valence-corrected chi connectivity index (χ2v) is 11.2. The van der Waals surface area contributed by atoms with Gasteiger partial charge in [-0.2, -0.15) is 0 Å². The number of hydrogen-bond donors (Lipinski definition) is 1. The number of fused-ring (bicyclic) bond motifs is 1. The van der Waals surface area contributed by atoms with Crippen LogP contribution in [0.2, 0.25) is 0 Å². The summed E-state index contributed by atoms with van der Waals surface area (Å²) in [5, 5.41) is 3.06. The minimum absolute atomic E-state index is 0.00774. The molecule has 0 aromatic heterocycles. The number of benzene rings is 1. The lowest BCUT2D eigenvalue weighted by Gasteiger charge is -2.33. The van der Waals surface area contributed by atoms with Gasteiger partial charge in [0.2, 0.25) is 5.91 Å². The fraction of sp³-hybridized carbons (Fsp3) is 0.630. The molecule has 4 amide bonds. The Morgan fingerprint density at radius 1 is 1.05 bits per heavy atom. The first kappa shape index (κ1) is 25.5. The number of carbonyl (C=O) groups excluding carboxylic acids is 4. The zero-order valence-corrected chi connectivity index (χ0v) is 22.1. The van der Waals surface area contributed by atoms with Gasteiger partial charge in [-0.1, -0.05) is 13.8 Å². The van der Waals surface area contributed by atoms with Crippen LogP contribution in [0.3, 0.4) is 0 Å². The number of rotatable bonds is 5. The molecule has 3 heterocycles. The number of nitrogens with zero attached hydrogens (tertiary/aromatic N) is 4. The fourth-order valence-electron chi connectivity index (χ4n) is 6.22. The monoisotopic (exact) mass is 511 g/mol. The summed E-state index contributed by atoms with van der Waals surface area (Å²) >= 11 is 0. The van der Waals surface area contributed by atoms with E-state index in [1.54, 1.807) is 26.8 Å². The van der Waals surface area contributed by atoms with Crippen molar-refractivity contribution in [1.82, 2.24) is 20.0 Å². The predicted molar refractivity (Wildman–Crippen MR) is 137 cm³/mol. The number of Topliss-reactive ketones (excluding diaryl/α,β-unsaturated/α-hetero) is 1. The number of carbonyl (C=O) groups is 4. The van der Waals surface area contributed by atoms with Crippen molar-refractivity contribution >= 4 is 29.3 Å². The summed E-state index contributed by atoms with van der Waals surface area (Å²) in [6, 6.07) is 6.13. The van der Waals surface area contributed by atoms with Crippen molar-refractivity contribution in [2.45, 2.75) is 44.3 Å². The van der Waals surface area contributed by atoms with Crippen molar-refractivity contribution in [2.75, 3.05) is 58.4 Å². The van der Waals surface area contributed by atoms with E-state index < -0.39 is 11.6 Å². The maximum absolute atomic E-state index is 14.0. The van der Waals surface area contributed by atoms with Crippen LogP contribution in [0, 0.1) is 11.8 Å². The van der Waals surface area contributed by atoms with Crippen LogP contribution in [0.15, 0.2) is 24.3 Å². The zero-order valence-electron chi connectivity index (χ0n) is 22.1. The van der Waals surface area contributed by atoms with Gasteiger partial charge in [0.25, 0.3) is 5.91 Å². The van der Waals surface area contributed by atoms with Gasteiger partial charge in [0.15, 0.2) is 5.78 Å². The summed E-state index contributed by atoms with van der Waals surface area (Å²) in [4.78, 5) is 60.5. The maximum atomic E-state index is 14.0. The Morgan fingerprint density at radius 2 is 1.73 bits per heavy atom. The Hall–Kier alpha value is -3.14. The van der Waals surface area contributed by atoms with E-state index in [9.17, 15) is 19.2 Å². The Labute approximate surface area is 217 Å². The lowest BCUT2D eigenvalue weighted by atomic mass is 10.0. The lowest BCUT2D eigenvalue weighted by molar-refractivity contribution is -0.139. The highest BCUT2D eigenvalue weighted by molar-refractivity contribution is 6.04. The van der Waals surface area contributed by atoms with E-state index in [2.05, 4.69) is 5.32 Å². The predicted octanol–water partition coefficient (Wildman–Crippen LogP) is 1.20. The average Bonchev–Trinajstić information content (AvgIpc) is 3.31. The highest BCUT2D eigenvalue weighted by Crippen LogP contribution is 2.51. The maximum Gasteiger partial charge on any atom is 0.320 e. The Bertz CT molecular complexity index is 1080. The van der Waals surface area contributed by atoms with Gasteiger partial charge in [0, 0.05) is 45.0 Å². The highest BCUT2D eigenvalue weighted by Gasteiger charge is 2.65. The second-order valence-electron chi connectivity index (χ2n) is 11.2. The van der Waals surface area contributed by atoms with Gasteiger partial charge < -0.3 is 29.7 Å². The third kappa shape index (κ3) is 4.45. The molecule has 4 aliphatic rings. The number of ketones is 1. The van der Waals surface area contributed by atoms with Crippen molar-refractivity contribution < 1.29 is 23.9 Å². The van der Waals surface area contributed by atoms with E-state index in [4.69, 9.17) is 4.74 Å². The van der Waals surface area contributed by atoms with E-state index in [1.807, 2.05) is 45.0 Å². The molecule has 0 spiro atoms. The molecule has 200 valence electrons. The van der Waals surface area contributed by atoms with E-state index in [0.717, 1.165) is 5.69 Å². The number of amides is 4. The molecule has 0 bridgehead atoms. The number of anilines is 1. The molecule has 0 radical (unpaired) electrons. The normalized spacial score (nSPS) is 28.9. The first-order chi connectivity index (χ1) is 17.6. The minimum Gasteiger partial charge on any atom is -0.378 e. The van der Waals surface area contributed by atoms with Gasteiger partial charge >= 0.3 is 6.03 Å². The standard InChI is InChI=1S/C27H37N5O5/c1-17(2)20-15-27(20,28-24(34)18-5-7-19(8-6-18)29(3)4)25(35)31-10-9-21-23(31)22(33)16-32(21)26(36)30-11-13-37-14-12-30/h5-8,17,20-21,23H,9-16H2,1-4H3,(H,28,34)/t20?,21-,23+,27?/m1/s1. The van der Waals surface area contributed by atoms with E-state index in [-0.39, 0.29) is 48.1 Å². The van der Waals surface area contributed by atoms with Gasteiger partial charge in [-0.25, -0.2) is 4.79 Å². The largest absolute Gasteiger partial charge is 0.378 e. The van der Waals surface area contributed by atoms with Gasteiger partial charge in [0.1, 0.15) is 11.6 Å². The molecule has 1 aromatic rings. The van der Waals surface area contributed by atoms with Crippen molar-refractivity contribution in [3.63, 3.8) is 0 Å². The van der Waals surface area contributed by atoms with Crippen LogP contribution in [0.5, 0.6) is 0 Å². The summed E-state index contributed by atoms with van der Waals surface area (Å²) in [7, 11) is 3.87. The van der Waals surface area contributed by atoms with Gasteiger partial charge in [-0.05, 0) is 48.9 Å². The molecule has 4 fully saturated rings. The molecule has 37 heavy (non-hydrogen) atoms. The zero-order chi connectivity index (χ0) is 26.5. The minimum atomic E-state index is -1.03. The molecule has 4 atom stereocenters.